The maximum atomic E-state index is 11.4. The first kappa shape index (κ1) is 32.2. The van der Waals surface area contributed by atoms with Crippen molar-refractivity contribution in [1.82, 2.24) is 0 Å². The minimum Gasteiger partial charge on any atom is -0.481 e. The van der Waals surface area contributed by atoms with Crippen LogP contribution in [-0.2, 0) is 4.79 Å². The fraction of sp³-hybridized carbons (Fsp3) is 0.667. The molecule has 0 spiro atoms. The maximum Gasteiger partial charge on any atom is 0.309 e. The second-order valence-corrected chi connectivity index (χ2v) is 13.8. The van der Waals surface area contributed by atoms with Crippen LogP contribution in [0.3, 0.4) is 0 Å². The Morgan fingerprint density at radius 1 is 1.00 bits per heavy atom. The molecule has 0 aliphatic carbocycles. The summed E-state index contributed by atoms with van der Waals surface area (Å²) in [5, 5.41) is 9.68. The van der Waals surface area contributed by atoms with Crippen molar-refractivity contribution in [3.05, 3.63) is 47.5 Å². The fourth-order valence-electron chi connectivity index (χ4n) is 3.83. The van der Waals surface area contributed by atoms with Gasteiger partial charge in [-0.2, -0.15) is 0 Å². The van der Waals surface area contributed by atoms with Gasteiger partial charge in [0.25, 0.3) is 0 Å². The van der Waals surface area contributed by atoms with E-state index in [9.17, 15) is 9.90 Å². The van der Waals surface area contributed by atoms with Crippen LogP contribution in [0.15, 0.2) is 42.0 Å². The highest BCUT2D eigenvalue weighted by atomic mass is 32.2. The summed E-state index contributed by atoms with van der Waals surface area (Å²) in [4.78, 5) is 11.4. The van der Waals surface area contributed by atoms with Gasteiger partial charge >= 0.3 is 5.97 Å². The van der Waals surface area contributed by atoms with Crippen molar-refractivity contribution in [2.45, 2.75) is 116 Å². The number of rotatable bonds is 19. The zero-order chi connectivity index (χ0) is 25.9. The molecule has 0 saturated carbocycles. The van der Waals surface area contributed by atoms with Gasteiger partial charge in [-0.25, -0.2) is 0 Å². The molecule has 1 atom stereocenters. The molecule has 1 aromatic rings. The van der Waals surface area contributed by atoms with Gasteiger partial charge < -0.3 is 5.11 Å². The van der Waals surface area contributed by atoms with E-state index in [4.69, 9.17) is 12.2 Å². The number of allylic oxidation sites excluding steroid dienone is 2. The van der Waals surface area contributed by atoms with Crippen molar-refractivity contribution in [2.75, 3.05) is 5.75 Å². The van der Waals surface area contributed by atoms with Crippen molar-refractivity contribution in [2.24, 2.45) is 5.41 Å². The third-order valence-corrected chi connectivity index (χ3v) is 9.47. The molecule has 0 heterocycles. The van der Waals surface area contributed by atoms with Crippen LogP contribution in [0.1, 0.15) is 122 Å². The standard InChI is InChI=1S/C30H48O2S3/c1-5-6-7-8-9-10-11-12-13-17-24-34-29(33)35-27(26-18-15-14-16-19-26)21-20-25(2)22-23-30(3,4)28(31)32/h14-16,18-19,22,27H,5-13,17,20-21,23-24H2,1-4H3,(H,31,32)/b25-22+. The molecule has 1 N–H and O–H groups in total. The third-order valence-electron chi connectivity index (χ3n) is 6.47. The van der Waals surface area contributed by atoms with E-state index < -0.39 is 11.4 Å². The highest BCUT2D eigenvalue weighted by molar-refractivity contribution is 8.47. The average Bonchev–Trinajstić information content (AvgIpc) is 2.84. The topological polar surface area (TPSA) is 37.3 Å². The predicted octanol–water partition coefficient (Wildman–Crippen LogP) is 10.6. The summed E-state index contributed by atoms with van der Waals surface area (Å²) in [7, 11) is 0. The van der Waals surface area contributed by atoms with Crippen LogP contribution in [0, 0.1) is 5.41 Å². The zero-order valence-corrected chi connectivity index (χ0v) is 25.0. The molecule has 1 unspecified atom stereocenters. The van der Waals surface area contributed by atoms with Gasteiger partial charge in [0.05, 0.1) is 5.41 Å². The van der Waals surface area contributed by atoms with Crippen molar-refractivity contribution >= 4 is 45.2 Å². The van der Waals surface area contributed by atoms with E-state index in [0.29, 0.717) is 11.7 Å². The lowest BCUT2D eigenvalue weighted by Crippen LogP contribution is -2.22. The number of hydrogen-bond donors (Lipinski definition) is 1. The molecule has 2 nitrogen and oxygen atoms in total. The van der Waals surface area contributed by atoms with Crippen LogP contribution in [0.5, 0.6) is 0 Å². The van der Waals surface area contributed by atoms with Crippen LogP contribution < -0.4 is 0 Å². The van der Waals surface area contributed by atoms with E-state index in [1.54, 1.807) is 13.8 Å². The van der Waals surface area contributed by atoms with Gasteiger partial charge in [0.15, 0.2) is 0 Å². The highest BCUT2D eigenvalue weighted by Crippen LogP contribution is 2.38. The van der Waals surface area contributed by atoms with Crippen molar-refractivity contribution in [1.29, 1.82) is 0 Å². The summed E-state index contributed by atoms with van der Waals surface area (Å²) < 4.78 is 1.04. The molecule has 0 fully saturated rings. The van der Waals surface area contributed by atoms with Crippen LogP contribution in [-0.4, -0.2) is 20.4 Å². The monoisotopic (exact) mass is 536 g/mol. The summed E-state index contributed by atoms with van der Waals surface area (Å²) in [5.74, 6) is 0.372. The molecule has 0 aromatic heterocycles. The van der Waals surface area contributed by atoms with Crippen LogP contribution in [0.25, 0.3) is 0 Å². The summed E-state index contributed by atoms with van der Waals surface area (Å²) in [5.41, 5.74) is 1.85. The first-order valence-electron chi connectivity index (χ1n) is 13.5. The third kappa shape index (κ3) is 15.8. The van der Waals surface area contributed by atoms with E-state index in [1.165, 1.54) is 75.3 Å². The Morgan fingerprint density at radius 3 is 2.14 bits per heavy atom. The first-order valence-corrected chi connectivity index (χ1v) is 15.8. The molecule has 1 rings (SSSR count). The molecule has 0 aliphatic heterocycles. The number of carbonyl (C=O) groups is 1. The molecule has 1 aromatic carbocycles. The lowest BCUT2D eigenvalue weighted by Gasteiger charge is -2.19. The largest absolute Gasteiger partial charge is 0.481 e. The Balaban J connectivity index is 2.38. The van der Waals surface area contributed by atoms with E-state index >= 15 is 0 Å². The molecule has 198 valence electrons. The van der Waals surface area contributed by atoms with E-state index in [1.807, 2.05) is 23.5 Å². The Hall–Kier alpha value is -0.780. The highest BCUT2D eigenvalue weighted by Gasteiger charge is 2.25. The minimum absolute atomic E-state index is 0.333. The second kappa shape index (κ2) is 19.3. The quantitative estimate of drug-likeness (QED) is 0.108. The van der Waals surface area contributed by atoms with Gasteiger partial charge in [0.1, 0.15) is 3.53 Å². The van der Waals surface area contributed by atoms with Gasteiger partial charge in [0.2, 0.25) is 0 Å². The number of unbranched alkanes of at least 4 members (excludes halogenated alkanes) is 9. The van der Waals surface area contributed by atoms with Crippen LogP contribution >= 0.6 is 35.7 Å². The van der Waals surface area contributed by atoms with Gasteiger partial charge in [-0.05, 0) is 57.8 Å². The molecular weight excluding hydrogens is 489 g/mol. The summed E-state index contributed by atoms with van der Waals surface area (Å²) in [6, 6.07) is 10.6. The number of thiocarbonyl (C=S) groups is 1. The van der Waals surface area contributed by atoms with Crippen molar-refractivity contribution in [3.8, 4) is 0 Å². The fourth-order valence-corrected chi connectivity index (χ4v) is 6.58. The summed E-state index contributed by atoms with van der Waals surface area (Å²) in [6.45, 7) is 7.96. The SMILES string of the molecule is CCCCCCCCCCCCSC(=S)SC(CC/C(C)=C/CC(C)(C)C(=O)O)c1ccccc1. The first-order chi connectivity index (χ1) is 16.8. The van der Waals surface area contributed by atoms with Gasteiger partial charge in [-0.15, -0.1) is 11.8 Å². The Bertz CT molecular complexity index is 743. The summed E-state index contributed by atoms with van der Waals surface area (Å²) in [6.07, 6.45) is 18.2. The van der Waals surface area contributed by atoms with Crippen LogP contribution in [0.2, 0.25) is 0 Å². The number of carboxylic acid groups (broad SMARTS) is 1. The van der Waals surface area contributed by atoms with Gasteiger partial charge in [0, 0.05) is 5.25 Å². The Kier molecular flexibility index (Phi) is 17.8. The lowest BCUT2D eigenvalue weighted by molar-refractivity contribution is -0.146. The molecule has 35 heavy (non-hydrogen) atoms. The smallest absolute Gasteiger partial charge is 0.309 e. The van der Waals surface area contributed by atoms with Gasteiger partial charge in [-0.1, -0.05) is 131 Å². The Morgan fingerprint density at radius 2 is 1.57 bits per heavy atom. The maximum absolute atomic E-state index is 11.4. The molecule has 0 bridgehead atoms. The van der Waals surface area contributed by atoms with E-state index in [0.717, 1.165) is 22.1 Å². The molecule has 0 saturated heterocycles. The minimum atomic E-state index is -0.746. The predicted molar refractivity (Wildman–Crippen MR) is 163 cm³/mol. The number of benzene rings is 1. The normalized spacial score (nSPS) is 13.1. The zero-order valence-electron chi connectivity index (χ0n) is 22.5. The van der Waals surface area contributed by atoms with Crippen molar-refractivity contribution in [3.63, 3.8) is 0 Å². The number of carboxylic acids is 1. The average molecular weight is 537 g/mol. The van der Waals surface area contributed by atoms with E-state index in [-0.39, 0.29) is 0 Å². The second-order valence-electron chi connectivity index (χ2n) is 10.3. The summed E-state index contributed by atoms with van der Waals surface area (Å²) >= 11 is 9.42. The molecular formula is C30H48O2S3. The Labute approximate surface area is 229 Å². The lowest BCUT2D eigenvalue weighted by atomic mass is 9.88. The molecule has 0 aliphatic rings. The molecule has 5 heteroatoms. The molecule has 0 amide bonds. The van der Waals surface area contributed by atoms with E-state index in [2.05, 4.69) is 50.3 Å². The number of hydrogen-bond acceptors (Lipinski definition) is 4. The number of thioether (sulfide) groups is 2. The van der Waals surface area contributed by atoms with Crippen LogP contribution in [0.4, 0.5) is 0 Å². The number of aliphatic carboxylic acids is 1. The van der Waals surface area contributed by atoms with Gasteiger partial charge in [-0.3, -0.25) is 4.79 Å². The van der Waals surface area contributed by atoms with Crippen molar-refractivity contribution < 1.29 is 9.90 Å². The molecule has 0 radical (unpaired) electrons.